The molecule has 1 aromatic rings. The van der Waals surface area contributed by atoms with Crippen molar-refractivity contribution in [1.82, 2.24) is 20.5 Å². The highest BCUT2D eigenvalue weighted by atomic mass is 127. The number of aromatic nitrogens is 1. The summed E-state index contributed by atoms with van der Waals surface area (Å²) in [5, 5.41) is 9.91. The summed E-state index contributed by atoms with van der Waals surface area (Å²) >= 11 is 1.71. The van der Waals surface area contributed by atoms with E-state index in [1.807, 2.05) is 6.92 Å². The van der Waals surface area contributed by atoms with Crippen molar-refractivity contribution in [3.05, 3.63) is 16.1 Å². The Morgan fingerprint density at radius 3 is 2.67 bits per heavy atom. The molecule has 1 atom stereocenters. The van der Waals surface area contributed by atoms with Gasteiger partial charge in [0.1, 0.15) is 0 Å². The first-order valence-electron chi connectivity index (χ1n) is 9.24. The van der Waals surface area contributed by atoms with Crippen molar-refractivity contribution in [3.63, 3.8) is 0 Å². The van der Waals surface area contributed by atoms with Crippen LogP contribution in [-0.2, 0) is 16.4 Å². The second kappa shape index (κ2) is 10.4. The van der Waals surface area contributed by atoms with Crippen molar-refractivity contribution < 1.29 is 8.42 Å². The summed E-state index contributed by atoms with van der Waals surface area (Å²) in [5.74, 6) is 1.82. The third kappa shape index (κ3) is 7.13. The lowest BCUT2D eigenvalue weighted by atomic mass is 9.97. The molecule has 2 N–H and O–H groups in total. The van der Waals surface area contributed by atoms with Crippen molar-refractivity contribution in [2.45, 2.75) is 38.8 Å². The molecular weight excluding hydrogens is 497 g/mol. The molecule has 0 saturated carbocycles. The first kappa shape index (κ1) is 22.8. The van der Waals surface area contributed by atoms with Crippen molar-refractivity contribution in [2.75, 3.05) is 38.2 Å². The Balaban J connectivity index is 0.00000261. The van der Waals surface area contributed by atoms with Gasteiger partial charge in [0.25, 0.3) is 0 Å². The largest absolute Gasteiger partial charge is 0.356 e. The van der Waals surface area contributed by atoms with Crippen molar-refractivity contribution >= 4 is 51.1 Å². The summed E-state index contributed by atoms with van der Waals surface area (Å²) in [5.41, 5.74) is 1.18. The van der Waals surface area contributed by atoms with E-state index in [9.17, 15) is 8.42 Å². The second-order valence-electron chi connectivity index (χ2n) is 7.27. The summed E-state index contributed by atoms with van der Waals surface area (Å²) in [6, 6.07) is -0.0189. The van der Waals surface area contributed by atoms with Gasteiger partial charge in [-0.2, -0.15) is 0 Å². The summed E-state index contributed by atoms with van der Waals surface area (Å²) in [6.07, 6.45) is 2.98. The number of likely N-dealkylation sites (tertiary alicyclic amines) is 1. The SMILES string of the molecule is CN=C(NCC1CCN(Cc2csc(C)n2)CC1)NC1CCS(=O)(=O)C1.I. The zero-order chi connectivity index (χ0) is 18.6. The average molecular weight is 527 g/mol. The zero-order valence-electron chi connectivity index (χ0n) is 16.0. The van der Waals surface area contributed by atoms with E-state index in [0.717, 1.165) is 44.0 Å². The number of aryl methyl sites for hydroxylation is 1. The topological polar surface area (TPSA) is 86.7 Å². The van der Waals surface area contributed by atoms with Gasteiger partial charge < -0.3 is 10.6 Å². The number of nitrogens with zero attached hydrogens (tertiary/aromatic N) is 3. The van der Waals surface area contributed by atoms with Crippen LogP contribution in [0, 0.1) is 12.8 Å². The van der Waals surface area contributed by atoms with Crippen LogP contribution in [0.3, 0.4) is 0 Å². The molecule has 27 heavy (non-hydrogen) atoms. The Morgan fingerprint density at radius 2 is 2.11 bits per heavy atom. The predicted molar refractivity (Wildman–Crippen MR) is 122 cm³/mol. The minimum atomic E-state index is -2.87. The third-order valence-corrected chi connectivity index (χ3v) is 7.70. The van der Waals surface area contributed by atoms with Crippen LogP contribution in [-0.4, -0.2) is 68.5 Å². The van der Waals surface area contributed by atoms with E-state index in [2.05, 4.69) is 30.9 Å². The standard InChI is InChI=1S/C17H29N5O2S2.HI/c1-13-20-16(11-25-13)10-22-6-3-14(4-7-22)9-19-17(18-2)21-15-5-8-26(23,24)12-15;/h11,14-15H,3-10,12H2,1-2H3,(H2,18,19,21);1H. The Morgan fingerprint density at radius 1 is 1.37 bits per heavy atom. The molecule has 7 nitrogen and oxygen atoms in total. The van der Waals surface area contributed by atoms with Gasteiger partial charge in [0, 0.05) is 31.6 Å². The van der Waals surface area contributed by atoms with E-state index in [0.29, 0.717) is 18.3 Å². The maximum atomic E-state index is 11.6. The highest BCUT2D eigenvalue weighted by Gasteiger charge is 2.28. The fraction of sp³-hybridized carbons (Fsp3) is 0.765. The van der Waals surface area contributed by atoms with Crippen LogP contribution in [0.1, 0.15) is 30.0 Å². The number of thiazole rings is 1. The van der Waals surface area contributed by atoms with Crippen molar-refractivity contribution in [2.24, 2.45) is 10.9 Å². The first-order valence-corrected chi connectivity index (χ1v) is 11.9. The van der Waals surface area contributed by atoms with Crippen LogP contribution < -0.4 is 10.6 Å². The molecule has 3 heterocycles. The highest BCUT2D eigenvalue weighted by Crippen LogP contribution is 2.19. The smallest absolute Gasteiger partial charge is 0.191 e. The van der Waals surface area contributed by atoms with Crippen LogP contribution in [0.4, 0.5) is 0 Å². The third-order valence-electron chi connectivity index (χ3n) is 5.11. The van der Waals surface area contributed by atoms with Gasteiger partial charge in [-0.15, -0.1) is 35.3 Å². The van der Waals surface area contributed by atoms with E-state index in [-0.39, 0.29) is 41.5 Å². The lowest BCUT2D eigenvalue weighted by Gasteiger charge is -2.32. The Bertz CT molecular complexity index is 729. The van der Waals surface area contributed by atoms with Gasteiger partial charge in [-0.25, -0.2) is 13.4 Å². The molecular formula is C17H30IN5O2S2. The number of hydrogen-bond acceptors (Lipinski definition) is 6. The predicted octanol–water partition coefficient (Wildman–Crippen LogP) is 1.63. The molecule has 2 aliphatic heterocycles. The summed E-state index contributed by atoms with van der Waals surface area (Å²) in [4.78, 5) is 11.3. The summed E-state index contributed by atoms with van der Waals surface area (Å²) < 4.78 is 23.1. The van der Waals surface area contributed by atoms with Crippen LogP contribution >= 0.6 is 35.3 Å². The summed E-state index contributed by atoms with van der Waals surface area (Å²) in [6.45, 7) is 6.06. The summed E-state index contributed by atoms with van der Waals surface area (Å²) in [7, 11) is -1.14. The van der Waals surface area contributed by atoms with Gasteiger partial charge in [-0.3, -0.25) is 9.89 Å². The fourth-order valence-electron chi connectivity index (χ4n) is 3.60. The van der Waals surface area contributed by atoms with Crippen LogP contribution in [0.5, 0.6) is 0 Å². The van der Waals surface area contributed by atoms with Crippen LogP contribution in [0.25, 0.3) is 0 Å². The maximum absolute atomic E-state index is 11.6. The minimum Gasteiger partial charge on any atom is -0.356 e. The van der Waals surface area contributed by atoms with Gasteiger partial charge in [0.15, 0.2) is 15.8 Å². The molecule has 2 aliphatic rings. The van der Waals surface area contributed by atoms with E-state index in [4.69, 9.17) is 0 Å². The zero-order valence-corrected chi connectivity index (χ0v) is 19.9. The molecule has 3 rings (SSSR count). The number of aliphatic imine (C=N–C) groups is 1. The first-order chi connectivity index (χ1) is 12.4. The molecule has 0 aliphatic carbocycles. The van der Waals surface area contributed by atoms with Crippen LogP contribution in [0.2, 0.25) is 0 Å². The van der Waals surface area contributed by atoms with E-state index >= 15 is 0 Å². The second-order valence-corrected chi connectivity index (χ2v) is 10.6. The van der Waals surface area contributed by atoms with Gasteiger partial charge in [0.05, 0.1) is 22.2 Å². The van der Waals surface area contributed by atoms with Gasteiger partial charge in [-0.05, 0) is 45.2 Å². The van der Waals surface area contributed by atoms with Crippen LogP contribution in [0.15, 0.2) is 10.4 Å². The molecule has 0 bridgehead atoms. The molecule has 0 amide bonds. The number of rotatable bonds is 5. The number of hydrogen-bond donors (Lipinski definition) is 2. The van der Waals surface area contributed by atoms with E-state index in [1.54, 1.807) is 18.4 Å². The molecule has 2 saturated heterocycles. The molecule has 0 aromatic carbocycles. The number of guanidine groups is 1. The van der Waals surface area contributed by atoms with Crippen molar-refractivity contribution in [1.29, 1.82) is 0 Å². The molecule has 1 aromatic heterocycles. The van der Waals surface area contributed by atoms with Crippen molar-refractivity contribution in [3.8, 4) is 0 Å². The quantitative estimate of drug-likeness (QED) is 0.344. The molecule has 154 valence electrons. The van der Waals surface area contributed by atoms with Gasteiger partial charge >= 0.3 is 0 Å². The van der Waals surface area contributed by atoms with E-state index < -0.39 is 9.84 Å². The lowest BCUT2D eigenvalue weighted by Crippen LogP contribution is -2.46. The highest BCUT2D eigenvalue weighted by molar-refractivity contribution is 14.0. The Labute approximate surface area is 183 Å². The number of nitrogens with one attached hydrogen (secondary N) is 2. The normalized spacial score (nSPS) is 23.8. The molecule has 1 unspecified atom stereocenters. The number of piperidine rings is 1. The van der Waals surface area contributed by atoms with Gasteiger partial charge in [0.2, 0.25) is 0 Å². The minimum absolute atomic E-state index is 0. The Kier molecular flexibility index (Phi) is 8.75. The number of sulfone groups is 1. The van der Waals surface area contributed by atoms with Gasteiger partial charge in [-0.1, -0.05) is 0 Å². The monoisotopic (exact) mass is 527 g/mol. The lowest BCUT2D eigenvalue weighted by molar-refractivity contribution is 0.176. The molecule has 0 radical (unpaired) electrons. The molecule has 0 spiro atoms. The van der Waals surface area contributed by atoms with E-state index in [1.165, 1.54) is 5.69 Å². The number of halogens is 1. The Hall–Kier alpha value is -0.460. The fourth-order valence-corrected chi connectivity index (χ4v) is 5.87. The molecule has 2 fully saturated rings. The molecule has 10 heteroatoms. The average Bonchev–Trinajstić information content (AvgIpc) is 3.17. The maximum Gasteiger partial charge on any atom is 0.191 e.